The Morgan fingerprint density at radius 1 is 1.10 bits per heavy atom. The summed E-state index contributed by atoms with van der Waals surface area (Å²) >= 11 is 0. The highest BCUT2D eigenvalue weighted by Gasteiger charge is 2.05. The molecule has 3 rings (SSSR count). The smallest absolute Gasteiger partial charge is 0.250 e. The van der Waals surface area contributed by atoms with E-state index < -0.39 is 5.91 Å². The molecule has 0 saturated heterocycles. The van der Waals surface area contributed by atoms with Gasteiger partial charge in [0, 0.05) is 23.5 Å². The number of amides is 1. The molecule has 5 nitrogen and oxygen atoms in total. The minimum Gasteiger partial charge on any atom is -0.366 e. The van der Waals surface area contributed by atoms with Crippen LogP contribution in [-0.4, -0.2) is 21.1 Å². The van der Waals surface area contributed by atoms with E-state index in [2.05, 4.69) is 15.2 Å². The van der Waals surface area contributed by atoms with Crippen LogP contribution >= 0.6 is 0 Å². The van der Waals surface area contributed by atoms with E-state index in [4.69, 9.17) is 5.73 Å². The van der Waals surface area contributed by atoms with E-state index in [1.54, 1.807) is 18.3 Å². The molecule has 0 aliphatic carbocycles. The fraction of sp³-hybridized carbons (Fsp3) is 0. The molecule has 3 aromatic rings. The maximum atomic E-state index is 11.0. The number of H-pyrrole nitrogens is 1. The summed E-state index contributed by atoms with van der Waals surface area (Å²) in [5.41, 5.74) is 9.33. The zero-order valence-electron chi connectivity index (χ0n) is 10.6. The van der Waals surface area contributed by atoms with Crippen LogP contribution in [0.3, 0.4) is 0 Å². The second kappa shape index (κ2) is 4.97. The Hall–Kier alpha value is -2.95. The Morgan fingerprint density at radius 3 is 2.60 bits per heavy atom. The second-order valence-corrected chi connectivity index (χ2v) is 4.35. The van der Waals surface area contributed by atoms with Crippen LogP contribution in [-0.2, 0) is 0 Å². The van der Waals surface area contributed by atoms with Crippen molar-refractivity contribution < 1.29 is 4.79 Å². The van der Waals surface area contributed by atoms with Crippen molar-refractivity contribution in [3.8, 4) is 22.5 Å². The van der Waals surface area contributed by atoms with Crippen LogP contribution in [0.4, 0.5) is 0 Å². The lowest BCUT2D eigenvalue weighted by Crippen LogP contribution is -2.10. The van der Waals surface area contributed by atoms with Crippen LogP contribution in [0.2, 0.25) is 0 Å². The number of primary amides is 1. The van der Waals surface area contributed by atoms with Gasteiger partial charge in [-0.05, 0) is 24.3 Å². The number of nitrogens with two attached hydrogens (primary N) is 1. The summed E-state index contributed by atoms with van der Waals surface area (Å²) in [5.74, 6) is -0.477. The number of aromatic amines is 1. The highest BCUT2D eigenvalue weighted by molar-refractivity contribution is 5.92. The number of nitrogens with one attached hydrogen (secondary N) is 1. The van der Waals surface area contributed by atoms with Crippen molar-refractivity contribution in [1.82, 2.24) is 15.2 Å². The fourth-order valence-corrected chi connectivity index (χ4v) is 1.97. The maximum absolute atomic E-state index is 11.0. The molecule has 0 aliphatic heterocycles. The first-order valence-electron chi connectivity index (χ1n) is 6.10. The summed E-state index contributed by atoms with van der Waals surface area (Å²) in [5, 5.41) is 6.86. The van der Waals surface area contributed by atoms with E-state index in [0.29, 0.717) is 5.56 Å². The molecule has 0 bridgehead atoms. The van der Waals surface area contributed by atoms with Gasteiger partial charge in [-0.3, -0.25) is 14.9 Å². The first-order chi connectivity index (χ1) is 9.74. The molecule has 0 fully saturated rings. The van der Waals surface area contributed by atoms with Crippen molar-refractivity contribution in [2.45, 2.75) is 0 Å². The Kier molecular flexibility index (Phi) is 3.01. The number of benzene rings is 1. The van der Waals surface area contributed by atoms with E-state index in [9.17, 15) is 4.79 Å². The molecule has 1 aromatic carbocycles. The molecule has 0 radical (unpaired) electrons. The van der Waals surface area contributed by atoms with Crippen molar-refractivity contribution >= 4 is 5.91 Å². The topological polar surface area (TPSA) is 84.7 Å². The highest BCUT2D eigenvalue weighted by atomic mass is 16.1. The molecule has 0 saturated carbocycles. The van der Waals surface area contributed by atoms with Crippen LogP contribution in [0.15, 0.2) is 54.9 Å². The molecule has 2 aromatic heterocycles. The molecule has 0 aliphatic rings. The van der Waals surface area contributed by atoms with E-state index in [1.165, 1.54) is 6.20 Å². The van der Waals surface area contributed by atoms with Crippen molar-refractivity contribution in [3.63, 3.8) is 0 Å². The lowest BCUT2D eigenvalue weighted by molar-refractivity contribution is 0.1000. The summed E-state index contributed by atoms with van der Waals surface area (Å²) < 4.78 is 0. The minimum atomic E-state index is -0.477. The molecular weight excluding hydrogens is 252 g/mol. The number of nitrogens with zero attached hydrogens (tertiary/aromatic N) is 2. The highest BCUT2D eigenvalue weighted by Crippen LogP contribution is 2.23. The van der Waals surface area contributed by atoms with Crippen molar-refractivity contribution in [3.05, 3.63) is 60.4 Å². The van der Waals surface area contributed by atoms with E-state index in [1.807, 2.05) is 30.3 Å². The molecule has 5 heteroatoms. The van der Waals surface area contributed by atoms with Gasteiger partial charge in [0.15, 0.2) is 0 Å². The number of hydrogen-bond acceptors (Lipinski definition) is 3. The predicted octanol–water partition coefficient (Wildman–Crippen LogP) is 2.24. The first kappa shape index (κ1) is 12.1. The molecule has 0 atom stereocenters. The van der Waals surface area contributed by atoms with Crippen molar-refractivity contribution in [2.24, 2.45) is 5.73 Å². The predicted molar refractivity (Wildman–Crippen MR) is 75.8 cm³/mol. The van der Waals surface area contributed by atoms with Crippen LogP contribution in [0.1, 0.15) is 10.4 Å². The summed E-state index contributed by atoms with van der Waals surface area (Å²) in [4.78, 5) is 15.3. The van der Waals surface area contributed by atoms with Gasteiger partial charge in [-0.2, -0.15) is 5.10 Å². The lowest BCUT2D eigenvalue weighted by Gasteiger charge is -2.04. The quantitative estimate of drug-likeness (QED) is 0.760. The molecule has 0 unspecified atom stereocenters. The normalized spacial score (nSPS) is 10.4. The SMILES string of the molecule is NC(=O)c1ccc(-c2cccc(-c3ccn[nH]3)c2)nc1. The number of aromatic nitrogens is 3. The summed E-state index contributed by atoms with van der Waals surface area (Å²) in [6.07, 6.45) is 3.20. The zero-order chi connectivity index (χ0) is 13.9. The largest absolute Gasteiger partial charge is 0.366 e. The third-order valence-corrected chi connectivity index (χ3v) is 3.02. The van der Waals surface area contributed by atoms with Crippen molar-refractivity contribution in [2.75, 3.05) is 0 Å². The molecule has 1 amide bonds. The molecule has 3 N–H and O–H groups in total. The lowest BCUT2D eigenvalue weighted by atomic mass is 10.1. The van der Waals surface area contributed by atoms with Crippen molar-refractivity contribution in [1.29, 1.82) is 0 Å². The van der Waals surface area contributed by atoms with Gasteiger partial charge >= 0.3 is 0 Å². The van der Waals surface area contributed by atoms with Crippen LogP contribution in [0.5, 0.6) is 0 Å². The Balaban J connectivity index is 1.98. The van der Waals surface area contributed by atoms with Gasteiger partial charge in [0.25, 0.3) is 0 Å². The van der Waals surface area contributed by atoms with Gasteiger partial charge in [0.1, 0.15) is 0 Å². The van der Waals surface area contributed by atoms with Crippen LogP contribution < -0.4 is 5.73 Å². The average Bonchev–Trinajstić information content (AvgIpc) is 3.02. The first-order valence-corrected chi connectivity index (χ1v) is 6.10. The number of hydrogen-bond donors (Lipinski definition) is 2. The average molecular weight is 264 g/mol. The second-order valence-electron chi connectivity index (χ2n) is 4.35. The summed E-state index contributed by atoms with van der Waals surface area (Å²) in [6, 6.07) is 13.3. The Morgan fingerprint density at radius 2 is 1.95 bits per heavy atom. The fourth-order valence-electron chi connectivity index (χ4n) is 1.97. The van der Waals surface area contributed by atoms with Gasteiger partial charge in [0.2, 0.25) is 5.91 Å². The molecule has 2 heterocycles. The van der Waals surface area contributed by atoms with E-state index in [-0.39, 0.29) is 0 Å². The van der Waals surface area contributed by atoms with E-state index >= 15 is 0 Å². The molecule has 98 valence electrons. The van der Waals surface area contributed by atoms with Gasteiger partial charge in [0.05, 0.1) is 17.0 Å². The third-order valence-electron chi connectivity index (χ3n) is 3.02. The van der Waals surface area contributed by atoms with Gasteiger partial charge in [-0.25, -0.2) is 0 Å². The standard InChI is InChI=1S/C15H12N4O/c16-15(20)12-4-5-13(17-9-12)10-2-1-3-11(8-10)14-6-7-18-19-14/h1-9H,(H2,16,20)(H,18,19). The molecule has 0 spiro atoms. The number of carbonyl (C=O) groups is 1. The number of pyridine rings is 1. The van der Waals surface area contributed by atoms with Crippen LogP contribution in [0.25, 0.3) is 22.5 Å². The maximum Gasteiger partial charge on any atom is 0.250 e. The number of rotatable bonds is 3. The van der Waals surface area contributed by atoms with Gasteiger partial charge in [-0.15, -0.1) is 0 Å². The minimum absolute atomic E-state index is 0.401. The summed E-state index contributed by atoms with van der Waals surface area (Å²) in [7, 11) is 0. The Labute approximate surface area is 115 Å². The monoisotopic (exact) mass is 264 g/mol. The van der Waals surface area contributed by atoms with Gasteiger partial charge < -0.3 is 5.73 Å². The molecular formula is C15H12N4O. The summed E-state index contributed by atoms with van der Waals surface area (Å²) in [6.45, 7) is 0. The zero-order valence-corrected chi connectivity index (χ0v) is 10.6. The van der Waals surface area contributed by atoms with Crippen LogP contribution in [0, 0.1) is 0 Å². The number of carbonyl (C=O) groups excluding carboxylic acids is 1. The molecule has 20 heavy (non-hydrogen) atoms. The Bertz CT molecular complexity index is 733. The van der Waals surface area contributed by atoms with E-state index in [0.717, 1.165) is 22.5 Å². The third kappa shape index (κ3) is 2.29. The van der Waals surface area contributed by atoms with Gasteiger partial charge in [-0.1, -0.05) is 18.2 Å².